The van der Waals surface area contributed by atoms with E-state index in [-0.39, 0.29) is 11.7 Å². The molecule has 34 heavy (non-hydrogen) atoms. The van der Waals surface area contributed by atoms with Crippen LogP contribution in [0.3, 0.4) is 0 Å². The molecular formula is C24H25FN6O3. The zero-order chi connectivity index (χ0) is 23.6. The molecule has 0 bridgehead atoms. The molecule has 2 aliphatic rings. The third-order valence-corrected chi connectivity index (χ3v) is 7.29. The maximum absolute atomic E-state index is 13.7. The molecule has 1 aliphatic heterocycles. The Kier molecular flexibility index (Phi) is 4.73. The zero-order valence-electron chi connectivity index (χ0n) is 18.5. The Morgan fingerprint density at radius 1 is 1.29 bits per heavy atom. The van der Waals surface area contributed by atoms with Crippen LogP contribution in [0.1, 0.15) is 24.6 Å². The van der Waals surface area contributed by atoms with Crippen LogP contribution in [0.25, 0.3) is 21.9 Å². The van der Waals surface area contributed by atoms with Crippen LogP contribution in [-0.4, -0.2) is 54.6 Å². The van der Waals surface area contributed by atoms with Crippen LogP contribution < -0.4 is 11.1 Å². The Morgan fingerprint density at radius 2 is 2.15 bits per heavy atom. The third kappa shape index (κ3) is 3.06. The number of ether oxygens (including phenoxy) is 1. The Bertz CT molecular complexity index is 1410. The summed E-state index contributed by atoms with van der Waals surface area (Å²) < 4.78 is 21.8. The number of nitrogens with one attached hydrogen (secondary N) is 1. The lowest BCUT2D eigenvalue weighted by molar-refractivity contribution is -0.0675. The normalized spacial score (nSPS) is 28.6. The fraction of sp³-hybridized carbons (Fsp3) is 0.375. The summed E-state index contributed by atoms with van der Waals surface area (Å²) in [5.74, 6) is 0.00183. The van der Waals surface area contributed by atoms with Crippen molar-refractivity contribution in [3.63, 3.8) is 0 Å². The summed E-state index contributed by atoms with van der Waals surface area (Å²) in [5, 5.41) is 27.1. The number of benzene rings is 1. The van der Waals surface area contributed by atoms with Gasteiger partial charge in [-0.1, -0.05) is 12.1 Å². The standard InChI is InChI=1S/C24H25FN6O3/c1-27-21-15-5-7-31(22(15)29-11-28-21)23-18(32)24(33)6-4-14(19(24)34-23)8-12-2-3-13-10-16(25)20(26)30-17(13)9-12/h2-3,5,7,9-11,14,18-19,23,32-33H,4,6,8H2,1H3,(H2,26,30)(H,27,28,29)/t14-,18-,19+,23+,24-/m0/s1. The van der Waals surface area contributed by atoms with Gasteiger partial charge in [0.2, 0.25) is 0 Å². The van der Waals surface area contributed by atoms with E-state index < -0.39 is 29.9 Å². The predicted molar refractivity (Wildman–Crippen MR) is 124 cm³/mol. The van der Waals surface area contributed by atoms with Gasteiger partial charge < -0.3 is 30.6 Å². The van der Waals surface area contributed by atoms with E-state index in [1.54, 1.807) is 17.8 Å². The largest absolute Gasteiger partial charge is 0.385 e. The number of nitrogen functional groups attached to an aromatic ring is 1. The van der Waals surface area contributed by atoms with Crippen molar-refractivity contribution in [2.24, 2.45) is 5.92 Å². The summed E-state index contributed by atoms with van der Waals surface area (Å²) in [4.78, 5) is 12.7. The molecule has 0 radical (unpaired) electrons. The highest BCUT2D eigenvalue weighted by Crippen LogP contribution is 2.50. The number of anilines is 2. The van der Waals surface area contributed by atoms with E-state index in [0.717, 1.165) is 10.9 Å². The molecule has 3 aromatic heterocycles. The predicted octanol–water partition coefficient (Wildman–Crippen LogP) is 2.38. The molecule has 1 saturated heterocycles. The van der Waals surface area contributed by atoms with E-state index in [2.05, 4.69) is 20.3 Å². The molecule has 2 fully saturated rings. The van der Waals surface area contributed by atoms with Gasteiger partial charge in [0.05, 0.1) is 17.0 Å². The number of pyridine rings is 1. The van der Waals surface area contributed by atoms with Gasteiger partial charge in [0.25, 0.3) is 0 Å². The second-order valence-corrected chi connectivity index (χ2v) is 9.20. The van der Waals surface area contributed by atoms with Crippen molar-refractivity contribution >= 4 is 33.6 Å². The van der Waals surface area contributed by atoms with Gasteiger partial charge in [-0.15, -0.1) is 0 Å². The number of aliphatic hydroxyl groups is 2. The number of halogens is 1. The van der Waals surface area contributed by atoms with E-state index in [9.17, 15) is 14.6 Å². The summed E-state index contributed by atoms with van der Waals surface area (Å²) >= 11 is 0. The fourth-order valence-electron chi connectivity index (χ4n) is 5.57. The molecular weight excluding hydrogens is 439 g/mol. The smallest absolute Gasteiger partial charge is 0.165 e. The van der Waals surface area contributed by atoms with Crippen LogP contribution in [0.4, 0.5) is 16.0 Å². The van der Waals surface area contributed by atoms with E-state index in [1.807, 2.05) is 24.3 Å². The van der Waals surface area contributed by atoms with Crippen molar-refractivity contribution in [1.82, 2.24) is 19.5 Å². The molecule has 176 valence electrons. The average molecular weight is 465 g/mol. The molecule has 10 heteroatoms. The second-order valence-electron chi connectivity index (χ2n) is 9.20. The number of rotatable bonds is 4. The number of aromatic nitrogens is 4. The Hall–Kier alpha value is -3.34. The maximum atomic E-state index is 13.7. The Labute approximate surface area is 194 Å². The highest BCUT2D eigenvalue weighted by Gasteiger charge is 2.61. The summed E-state index contributed by atoms with van der Waals surface area (Å²) in [6.07, 6.45) is 2.60. The monoisotopic (exact) mass is 464 g/mol. The molecule has 0 spiro atoms. The number of fused-ring (bicyclic) bond motifs is 3. The van der Waals surface area contributed by atoms with E-state index in [4.69, 9.17) is 10.5 Å². The number of hydrogen-bond donors (Lipinski definition) is 4. The molecule has 5 N–H and O–H groups in total. The lowest BCUT2D eigenvalue weighted by Gasteiger charge is -2.26. The lowest BCUT2D eigenvalue weighted by Crippen LogP contribution is -2.45. The van der Waals surface area contributed by atoms with Crippen LogP contribution in [0.15, 0.2) is 42.9 Å². The fourth-order valence-corrected chi connectivity index (χ4v) is 5.57. The van der Waals surface area contributed by atoms with Gasteiger partial charge in [0.15, 0.2) is 17.9 Å². The van der Waals surface area contributed by atoms with Gasteiger partial charge in [0.1, 0.15) is 29.5 Å². The molecule has 0 amide bonds. The van der Waals surface area contributed by atoms with E-state index in [1.165, 1.54) is 12.4 Å². The van der Waals surface area contributed by atoms with Crippen molar-refractivity contribution in [3.8, 4) is 0 Å². The first kappa shape index (κ1) is 21.2. The number of nitrogens with two attached hydrogens (primary N) is 1. The van der Waals surface area contributed by atoms with Crippen LogP contribution in [0.2, 0.25) is 0 Å². The number of aliphatic hydroxyl groups excluding tert-OH is 1. The highest BCUT2D eigenvalue weighted by atomic mass is 19.1. The highest BCUT2D eigenvalue weighted by molar-refractivity contribution is 5.87. The van der Waals surface area contributed by atoms with Gasteiger partial charge in [-0.05, 0) is 48.9 Å². The van der Waals surface area contributed by atoms with Crippen LogP contribution in [-0.2, 0) is 11.2 Å². The minimum absolute atomic E-state index is 0.00998. The molecule has 0 unspecified atom stereocenters. The van der Waals surface area contributed by atoms with Crippen molar-refractivity contribution in [3.05, 3.63) is 54.2 Å². The van der Waals surface area contributed by atoms with Crippen molar-refractivity contribution in [2.45, 2.75) is 43.3 Å². The van der Waals surface area contributed by atoms with E-state index in [0.29, 0.717) is 41.6 Å². The molecule has 5 atom stereocenters. The number of nitrogens with zero attached hydrogens (tertiary/aromatic N) is 4. The maximum Gasteiger partial charge on any atom is 0.165 e. The molecule has 9 nitrogen and oxygen atoms in total. The molecule has 6 rings (SSSR count). The SMILES string of the molecule is CNc1ncnc2c1ccn2[C@@H]1O[C@@H]2[C@H](Cc3ccc4cc(F)c(N)nc4c3)CC[C@]2(O)[C@H]1O. The quantitative estimate of drug-likeness (QED) is 0.362. The number of hydrogen-bond acceptors (Lipinski definition) is 8. The molecule has 1 aromatic carbocycles. The van der Waals surface area contributed by atoms with Gasteiger partial charge in [0, 0.05) is 18.6 Å². The molecule has 4 aromatic rings. The van der Waals surface area contributed by atoms with Gasteiger partial charge >= 0.3 is 0 Å². The zero-order valence-corrected chi connectivity index (χ0v) is 18.5. The average Bonchev–Trinajstić information content (AvgIpc) is 3.47. The van der Waals surface area contributed by atoms with Gasteiger partial charge in [-0.2, -0.15) is 0 Å². The topological polar surface area (TPSA) is 131 Å². The van der Waals surface area contributed by atoms with Crippen LogP contribution in [0.5, 0.6) is 0 Å². The summed E-state index contributed by atoms with van der Waals surface area (Å²) in [7, 11) is 1.78. The summed E-state index contributed by atoms with van der Waals surface area (Å²) in [5.41, 5.74) is 6.51. The summed E-state index contributed by atoms with van der Waals surface area (Å²) in [6.45, 7) is 0. The molecule has 1 saturated carbocycles. The molecule has 4 heterocycles. The minimum Gasteiger partial charge on any atom is -0.385 e. The van der Waals surface area contributed by atoms with Crippen molar-refractivity contribution in [1.29, 1.82) is 0 Å². The van der Waals surface area contributed by atoms with Crippen molar-refractivity contribution < 1.29 is 19.3 Å². The first-order valence-corrected chi connectivity index (χ1v) is 11.3. The lowest BCUT2D eigenvalue weighted by atomic mass is 9.90. The first-order chi connectivity index (χ1) is 16.4. The third-order valence-electron chi connectivity index (χ3n) is 7.29. The van der Waals surface area contributed by atoms with Crippen LogP contribution in [0, 0.1) is 11.7 Å². The summed E-state index contributed by atoms with van der Waals surface area (Å²) in [6, 6.07) is 8.88. The Morgan fingerprint density at radius 3 is 2.97 bits per heavy atom. The molecule has 1 aliphatic carbocycles. The Balaban J connectivity index is 1.29. The minimum atomic E-state index is -1.35. The van der Waals surface area contributed by atoms with Gasteiger partial charge in [-0.3, -0.25) is 0 Å². The second kappa shape index (κ2) is 7.59. The van der Waals surface area contributed by atoms with Gasteiger partial charge in [-0.25, -0.2) is 19.3 Å². The van der Waals surface area contributed by atoms with Crippen LogP contribution >= 0.6 is 0 Å². The first-order valence-electron chi connectivity index (χ1n) is 11.3. The van der Waals surface area contributed by atoms with Crippen molar-refractivity contribution in [2.75, 3.05) is 18.1 Å². The van der Waals surface area contributed by atoms with E-state index >= 15 is 0 Å².